The van der Waals surface area contributed by atoms with Gasteiger partial charge in [-0.3, -0.25) is 28.8 Å². The Bertz CT molecular complexity index is 1510. The molecule has 2 aromatic carbocycles. The second-order valence-electron chi connectivity index (χ2n) is 14.8. The van der Waals surface area contributed by atoms with Gasteiger partial charge in [-0.25, -0.2) is 0 Å². The average Bonchev–Trinajstić information content (AvgIpc) is 3.12. The second kappa shape index (κ2) is 23.1. The monoisotopic (exact) mass is 751 g/mol. The Hall–Kier alpha value is -4.82. The molecule has 0 saturated heterocycles. The zero-order chi connectivity index (χ0) is 40.4. The number of carbonyl (C=O) groups is 6. The first-order valence-corrected chi connectivity index (χ1v) is 18.8. The summed E-state index contributed by atoms with van der Waals surface area (Å²) >= 11 is 0. The highest BCUT2D eigenvalue weighted by atomic mass is 16.4. The molecule has 10 N–H and O–H groups in total. The predicted octanol–water partition coefficient (Wildman–Crippen LogP) is 1.79. The minimum Gasteiger partial charge on any atom is -0.481 e. The highest BCUT2D eigenvalue weighted by molar-refractivity contribution is 5.95. The van der Waals surface area contributed by atoms with Crippen LogP contribution in [0.5, 0.6) is 0 Å². The number of benzene rings is 2. The van der Waals surface area contributed by atoms with Gasteiger partial charge in [0, 0.05) is 25.4 Å². The van der Waals surface area contributed by atoms with E-state index in [-0.39, 0.29) is 56.4 Å². The molecule has 2 rings (SSSR count). The van der Waals surface area contributed by atoms with Crippen LogP contribution in [0, 0.1) is 17.8 Å². The first-order chi connectivity index (χ1) is 25.5. The van der Waals surface area contributed by atoms with E-state index in [2.05, 4.69) is 26.6 Å². The lowest BCUT2D eigenvalue weighted by Crippen LogP contribution is -2.60. The average molecular weight is 752 g/mol. The zero-order valence-corrected chi connectivity index (χ0v) is 32.5. The molecule has 0 radical (unpaired) electrons. The van der Waals surface area contributed by atoms with Crippen LogP contribution in [0.25, 0.3) is 0 Å². The van der Waals surface area contributed by atoms with Gasteiger partial charge in [-0.2, -0.15) is 0 Å². The Morgan fingerprint density at radius 1 is 0.685 bits per heavy atom. The second-order valence-corrected chi connectivity index (χ2v) is 14.8. The summed E-state index contributed by atoms with van der Waals surface area (Å²) in [6.45, 7) is 11.2. The van der Waals surface area contributed by atoms with E-state index in [1.807, 2.05) is 88.4 Å². The van der Waals surface area contributed by atoms with E-state index in [0.717, 1.165) is 11.1 Å². The number of hydrogen-bond acceptors (Lipinski definition) is 8. The molecule has 54 heavy (non-hydrogen) atoms. The van der Waals surface area contributed by atoms with Crippen LogP contribution in [-0.2, 0) is 41.6 Å². The van der Waals surface area contributed by atoms with E-state index in [1.54, 1.807) is 13.8 Å². The molecule has 0 aliphatic rings. The van der Waals surface area contributed by atoms with Crippen LogP contribution in [0.3, 0.4) is 0 Å². The van der Waals surface area contributed by atoms with Gasteiger partial charge in [-0.1, -0.05) is 109 Å². The SMILES string of the molecule is CC[C@H](C)[C@H](NC[C@H](CCC(=O)O)NC(=O)[C@H](CC(C)C)NC(=O)[C@H](Cc1ccccc1)NC(=O)[C@@H](NC(=O)[C@@H](N)Cc1ccccc1)C(C)C)C(N)=O. The highest BCUT2D eigenvalue weighted by Crippen LogP contribution is 2.12. The molecule has 0 saturated carbocycles. The van der Waals surface area contributed by atoms with Crippen LogP contribution in [0.15, 0.2) is 60.7 Å². The molecule has 0 spiro atoms. The number of rotatable bonds is 24. The van der Waals surface area contributed by atoms with Crippen molar-refractivity contribution in [1.82, 2.24) is 26.6 Å². The minimum atomic E-state index is -1.13. The normalized spacial score (nSPS) is 15.2. The molecular weight excluding hydrogens is 690 g/mol. The third-order valence-corrected chi connectivity index (χ3v) is 9.29. The topological polar surface area (TPSA) is 235 Å². The van der Waals surface area contributed by atoms with Gasteiger partial charge in [-0.15, -0.1) is 0 Å². The van der Waals surface area contributed by atoms with Gasteiger partial charge in [0.2, 0.25) is 29.5 Å². The smallest absolute Gasteiger partial charge is 0.303 e. The van der Waals surface area contributed by atoms with Crippen LogP contribution >= 0.6 is 0 Å². The third-order valence-electron chi connectivity index (χ3n) is 9.29. The summed E-state index contributed by atoms with van der Waals surface area (Å²) in [5.74, 6) is -4.36. The van der Waals surface area contributed by atoms with Crippen LogP contribution in [-0.4, -0.2) is 83.4 Å². The Morgan fingerprint density at radius 2 is 1.22 bits per heavy atom. The van der Waals surface area contributed by atoms with Crippen molar-refractivity contribution in [3.63, 3.8) is 0 Å². The first-order valence-electron chi connectivity index (χ1n) is 18.8. The quantitative estimate of drug-likeness (QED) is 0.0780. The number of nitrogens with one attached hydrogen (secondary N) is 5. The number of carboxylic acid groups (broad SMARTS) is 1. The zero-order valence-electron chi connectivity index (χ0n) is 32.5. The lowest BCUT2D eigenvalue weighted by molar-refractivity contribution is -0.137. The fourth-order valence-corrected chi connectivity index (χ4v) is 5.96. The summed E-state index contributed by atoms with van der Waals surface area (Å²) in [4.78, 5) is 78.4. The van der Waals surface area contributed by atoms with Gasteiger partial charge in [0.25, 0.3) is 0 Å². The van der Waals surface area contributed by atoms with Gasteiger partial charge >= 0.3 is 5.97 Å². The van der Waals surface area contributed by atoms with Crippen LogP contribution in [0.2, 0.25) is 0 Å². The largest absolute Gasteiger partial charge is 0.481 e. The highest BCUT2D eigenvalue weighted by Gasteiger charge is 2.33. The summed E-state index contributed by atoms with van der Waals surface area (Å²) in [7, 11) is 0. The number of aliphatic carboxylic acids is 1. The molecule has 5 amide bonds. The molecule has 14 nitrogen and oxygen atoms in total. The van der Waals surface area contributed by atoms with Gasteiger partial charge in [0.05, 0.1) is 12.1 Å². The van der Waals surface area contributed by atoms with Gasteiger partial charge in [0.15, 0.2) is 0 Å². The first kappa shape index (κ1) is 45.3. The van der Waals surface area contributed by atoms with E-state index in [4.69, 9.17) is 11.5 Å². The van der Waals surface area contributed by atoms with Crippen molar-refractivity contribution in [2.75, 3.05) is 6.54 Å². The number of hydrogen-bond donors (Lipinski definition) is 8. The molecule has 0 aliphatic heterocycles. The maximum atomic E-state index is 14.0. The van der Waals surface area contributed by atoms with E-state index in [1.165, 1.54) is 0 Å². The summed E-state index contributed by atoms with van der Waals surface area (Å²) in [6.07, 6.45) is 1.09. The van der Waals surface area contributed by atoms with Gasteiger partial charge < -0.3 is 43.2 Å². The summed E-state index contributed by atoms with van der Waals surface area (Å²) in [6, 6.07) is 12.9. The third kappa shape index (κ3) is 16.0. The Kier molecular flexibility index (Phi) is 19.4. The molecule has 0 heterocycles. The Labute approximate surface area is 319 Å². The molecule has 0 fully saturated rings. The molecule has 7 atom stereocenters. The Balaban J connectivity index is 2.30. The lowest BCUT2D eigenvalue weighted by atomic mass is 9.97. The van der Waals surface area contributed by atoms with E-state index in [0.29, 0.717) is 6.42 Å². The van der Waals surface area contributed by atoms with Crippen molar-refractivity contribution in [2.45, 2.75) is 116 Å². The summed E-state index contributed by atoms with van der Waals surface area (Å²) in [5, 5.41) is 23.7. The molecule has 0 aromatic heterocycles. The van der Waals surface area contributed by atoms with Gasteiger partial charge in [0.1, 0.15) is 18.1 Å². The fraction of sp³-hybridized carbons (Fsp3) is 0.550. The van der Waals surface area contributed by atoms with Crippen molar-refractivity contribution in [3.8, 4) is 0 Å². The van der Waals surface area contributed by atoms with Crippen LogP contribution in [0.1, 0.15) is 78.4 Å². The summed E-state index contributed by atoms with van der Waals surface area (Å²) < 4.78 is 0. The van der Waals surface area contributed by atoms with Crippen molar-refractivity contribution in [1.29, 1.82) is 0 Å². The number of carbonyl (C=O) groups excluding carboxylic acids is 5. The molecule has 298 valence electrons. The minimum absolute atomic E-state index is 0.0379. The molecule has 14 heteroatoms. The molecule has 2 aromatic rings. The van der Waals surface area contributed by atoms with Crippen LogP contribution in [0.4, 0.5) is 0 Å². The van der Waals surface area contributed by atoms with Crippen molar-refractivity contribution < 1.29 is 33.9 Å². The maximum Gasteiger partial charge on any atom is 0.303 e. The van der Waals surface area contributed by atoms with Gasteiger partial charge in [-0.05, 0) is 48.1 Å². The van der Waals surface area contributed by atoms with E-state index >= 15 is 0 Å². The molecular formula is C40H61N7O7. The number of nitrogens with two attached hydrogens (primary N) is 2. The number of carboxylic acids is 1. The van der Waals surface area contributed by atoms with Crippen molar-refractivity contribution in [3.05, 3.63) is 71.8 Å². The van der Waals surface area contributed by atoms with E-state index < -0.39 is 71.8 Å². The molecule has 0 unspecified atom stereocenters. The fourth-order valence-electron chi connectivity index (χ4n) is 5.96. The molecule has 0 aliphatic carbocycles. The standard InChI is InChI=1S/C40H61N7O7/c1-7-26(6)35(36(42)50)43-23-29(18-19-33(48)49)44-38(52)31(20-24(2)3)45-39(53)32(22-28-16-12-9-13-17-28)46-40(54)34(25(4)5)47-37(51)30(41)21-27-14-10-8-11-15-27/h8-17,24-26,29-32,34-35,43H,7,18-23,41H2,1-6H3,(H2,42,50)(H,44,52)(H,45,53)(H,46,54)(H,47,51)(H,48,49)/t26-,29-,30-,31-,32-,34-,35-/m0/s1. The molecule has 0 bridgehead atoms. The van der Waals surface area contributed by atoms with E-state index in [9.17, 15) is 33.9 Å². The predicted molar refractivity (Wildman–Crippen MR) is 208 cm³/mol. The summed E-state index contributed by atoms with van der Waals surface area (Å²) in [5.41, 5.74) is 13.4. The Morgan fingerprint density at radius 3 is 1.72 bits per heavy atom. The van der Waals surface area contributed by atoms with Crippen molar-refractivity contribution >= 4 is 35.5 Å². The lowest BCUT2D eigenvalue weighted by Gasteiger charge is -2.29. The maximum absolute atomic E-state index is 14.0. The van der Waals surface area contributed by atoms with Crippen molar-refractivity contribution in [2.24, 2.45) is 29.2 Å². The van der Waals surface area contributed by atoms with Crippen LogP contribution < -0.4 is 38.1 Å². The number of amides is 5. The number of primary amides is 1.